The van der Waals surface area contributed by atoms with Crippen molar-refractivity contribution in [3.63, 3.8) is 0 Å². The lowest BCUT2D eigenvalue weighted by Crippen LogP contribution is -2.18. The van der Waals surface area contributed by atoms with Crippen molar-refractivity contribution in [3.8, 4) is 28.7 Å². The summed E-state index contributed by atoms with van der Waals surface area (Å²) in [7, 11) is 2.10. The molecule has 0 saturated carbocycles. The second-order valence-electron chi connectivity index (χ2n) is 7.31. The smallest absolute Gasteiger partial charge is 0.122 e. The van der Waals surface area contributed by atoms with Gasteiger partial charge >= 0.3 is 0 Å². The highest BCUT2D eigenvalue weighted by atomic mass is 16.5. The summed E-state index contributed by atoms with van der Waals surface area (Å²) < 4.78 is 5.78. The molecule has 2 nitrogen and oxygen atoms in total. The summed E-state index contributed by atoms with van der Waals surface area (Å²) in [5.41, 5.74) is 6.11. The minimum atomic E-state index is 0.735. The lowest BCUT2D eigenvalue weighted by molar-refractivity contribution is 0.287. The van der Waals surface area contributed by atoms with E-state index >= 15 is 0 Å². The van der Waals surface area contributed by atoms with Crippen molar-refractivity contribution < 1.29 is 4.74 Å². The molecule has 28 heavy (non-hydrogen) atoms. The van der Waals surface area contributed by atoms with Crippen LogP contribution in [0.15, 0.2) is 72.8 Å². The number of hydrogen-bond acceptors (Lipinski definition) is 2. The highest BCUT2D eigenvalue weighted by molar-refractivity contribution is 5.64. The SMILES string of the molecule is CN(CC#Cc1ccc(-c2ccccc2)cc1)Cc1ccc2c(c1)OCCC2. The molecule has 1 aliphatic rings. The monoisotopic (exact) mass is 367 g/mol. The van der Waals surface area contributed by atoms with Crippen molar-refractivity contribution >= 4 is 0 Å². The van der Waals surface area contributed by atoms with E-state index in [1.165, 1.54) is 22.3 Å². The summed E-state index contributed by atoms with van der Waals surface area (Å²) in [6.45, 7) is 2.44. The van der Waals surface area contributed by atoms with E-state index < -0.39 is 0 Å². The van der Waals surface area contributed by atoms with Crippen LogP contribution in [-0.4, -0.2) is 25.1 Å². The van der Waals surface area contributed by atoms with Crippen molar-refractivity contribution in [3.05, 3.63) is 89.5 Å². The van der Waals surface area contributed by atoms with Crippen LogP contribution in [0.1, 0.15) is 23.1 Å². The molecule has 0 saturated heterocycles. The molecular formula is C26H25NO. The Morgan fingerprint density at radius 3 is 2.54 bits per heavy atom. The summed E-state index contributed by atoms with van der Waals surface area (Å²) in [4.78, 5) is 2.23. The number of ether oxygens (including phenoxy) is 1. The molecule has 0 aromatic heterocycles. The van der Waals surface area contributed by atoms with E-state index in [9.17, 15) is 0 Å². The molecular weight excluding hydrogens is 342 g/mol. The van der Waals surface area contributed by atoms with Crippen LogP contribution in [0.4, 0.5) is 0 Å². The fourth-order valence-corrected chi connectivity index (χ4v) is 3.50. The molecule has 1 aliphatic heterocycles. The Bertz CT molecular complexity index is 980. The number of aryl methyl sites for hydroxylation is 1. The molecule has 0 amide bonds. The zero-order chi connectivity index (χ0) is 19.2. The second-order valence-corrected chi connectivity index (χ2v) is 7.31. The number of rotatable bonds is 4. The zero-order valence-corrected chi connectivity index (χ0v) is 16.3. The quantitative estimate of drug-likeness (QED) is 0.591. The summed E-state index contributed by atoms with van der Waals surface area (Å²) in [5.74, 6) is 7.62. The van der Waals surface area contributed by atoms with Crippen LogP contribution in [0.3, 0.4) is 0 Å². The Balaban J connectivity index is 1.34. The molecule has 0 unspecified atom stereocenters. The fourth-order valence-electron chi connectivity index (χ4n) is 3.50. The van der Waals surface area contributed by atoms with Gasteiger partial charge in [0.05, 0.1) is 13.2 Å². The Kier molecular flexibility index (Phi) is 5.75. The second kappa shape index (κ2) is 8.78. The van der Waals surface area contributed by atoms with Gasteiger partial charge in [0.15, 0.2) is 0 Å². The Labute approximate surface area is 167 Å². The standard InChI is InChI=1S/C26H25NO/c1-27(20-22-13-16-25-10-6-18-28-26(25)19-22)17-5-7-21-11-14-24(15-12-21)23-8-3-2-4-9-23/h2-4,8-9,11-16,19H,6,10,17-18,20H2,1H3. The Morgan fingerprint density at radius 2 is 1.71 bits per heavy atom. The van der Waals surface area contributed by atoms with Gasteiger partial charge in [-0.05, 0) is 60.3 Å². The average Bonchev–Trinajstić information content (AvgIpc) is 2.75. The number of hydrogen-bond donors (Lipinski definition) is 0. The van der Waals surface area contributed by atoms with Gasteiger partial charge in [-0.1, -0.05) is 66.4 Å². The van der Waals surface area contributed by atoms with Crippen molar-refractivity contribution in [2.24, 2.45) is 0 Å². The maximum absolute atomic E-state index is 5.78. The van der Waals surface area contributed by atoms with E-state index in [1.54, 1.807) is 0 Å². The third-order valence-corrected chi connectivity index (χ3v) is 5.01. The van der Waals surface area contributed by atoms with Crippen molar-refractivity contribution in [1.29, 1.82) is 0 Å². The minimum absolute atomic E-state index is 0.735. The number of nitrogens with zero attached hydrogens (tertiary/aromatic N) is 1. The van der Waals surface area contributed by atoms with Crippen LogP contribution in [0.25, 0.3) is 11.1 Å². The molecule has 140 valence electrons. The molecule has 1 heterocycles. The summed E-state index contributed by atoms with van der Waals surface area (Å²) in [6, 6.07) is 25.5. The number of fused-ring (bicyclic) bond motifs is 1. The molecule has 0 spiro atoms. The largest absolute Gasteiger partial charge is 0.493 e. The fraction of sp³-hybridized carbons (Fsp3) is 0.231. The Hall–Kier alpha value is -3.02. The zero-order valence-electron chi connectivity index (χ0n) is 16.3. The van der Waals surface area contributed by atoms with Gasteiger partial charge in [0.25, 0.3) is 0 Å². The third kappa shape index (κ3) is 4.63. The summed E-state index contributed by atoms with van der Waals surface area (Å²) >= 11 is 0. The molecule has 0 fully saturated rings. The van der Waals surface area contributed by atoms with E-state index in [1.807, 2.05) is 6.07 Å². The molecule has 4 rings (SSSR count). The van der Waals surface area contributed by atoms with Crippen LogP contribution in [0.2, 0.25) is 0 Å². The van der Waals surface area contributed by atoms with Gasteiger partial charge in [-0.15, -0.1) is 0 Å². The van der Waals surface area contributed by atoms with Crippen molar-refractivity contribution in [1.82, 2.24) is 4.90 Å². The van der Waals surface area contributed by atoms with E-state index in [4.69, 9.17) is 4.74 Å². The van der Waals surface area contributed by atoms with Crippen LogP contribution in [-0.2, 0) is 13.0 Å². The van der Waals surface area contributed by atoms with Gasteiger partial charge in [-0.25, -0.2) is 0 Å². The first-order valence-electron chi connectivity index (χ1n) is 9.85. The number of benzene rings is 3. The topological polar surface area (TPSA) is 12.5 Å². The lowest BCUT2D eigenvalue weighted by Gasteiger charge is -2.19. The Morgan fingerprint density at radius 1 is 0.929 bits per heavy atom. The van der Waals surface area contributed by atoms with Gasteiger partial charge in [-0.3, -0.25) is 4.90 Å². The van der Waals surface area contributed by atoms with Gasteiger partial charge in [0.1, 0.15) is 5.75 Å². The average molecular weight is 367 g/mol. The maximum atomic E-state index is 5.78. The van der Waals surface area contributed by atoms with Crippen LogP contribution >= 0.6 is 0 Å². The highest BCUT2D eigenvalue weighted by Crippen LogP contribution is 2.26. The van der Waals surface area contributed by atoms with E-state index in [2.05, 4.69) is 90.5 Å². The van der Waals surface area contributed by atoms with Gasteiger partial charge in [0, 0.05) is 12.1 Å². The molecule has 0 aliphatic carbocycles. The normalized spacial score (nSPS) is 12.6. The first-order chi connectivity index (χ1) is 13.8. The first-order valence-corrected chi connectivity index (χ1v) is 9.85. The van der Waals surface area contributed by atoms with Crippen LogP contribution in [0.5, 0.6) is 5.75 Å². The van der Waals surface area contributed by atoms with Gasteiger partial charge in [0.2, 0.25) is 0 Å². The lowest BCUT2D eigenvalue weighted by atomic mass is 10.0. The summed E-state index contributed by atoms with van der Waals surface area (Å²) in [5, 5.41) is 0. The van der Waals surface area contributed by atoms with Crippen LogP contribution in [0, 0.1) is 11.8 Å². The van der Waals surface area contributed by atoms with Gasteiger partial charge in [-0.2, -0.15) is 0 Å². The van der Waals surface area contributed by atoms with Crippen molar-refractivity contribution in [2.45, 2.75) is 19.4 Å². The third-order valence-electron chi connectivity index (χ3n) is 5.01. The highest BCUT2D eigenvalue weighted by Gasteiger charge is 2.11. The molecule has 2 heteroatoms. The molecule has 0 atom stereocenters. The maximum Gasteiger partial charge on any atom is 0.122 e. The van der Waals surface area contributed by atoms with E-state index in [-0.39, 0.29) is 0 Å². The molecule has 3 aromatic carbocycles. The van der Waals surface area contributed by atoms with Crippen LogP contribution < -0.4 is 4.74 Å². The molecule has 0 radical (unpaired) electrons. The van der Waals surface area contributed by atoms with E-state index in [0.717, 1.165) is 43.9 Å². The minimum Gasteiger partial charge on any atom is -0.493 e. The summed E-state index contributed by atoms with van der Waals surface area (Å²) in [6.07, 6.45) is 2.24. The predicted molar refractivity (Wildman–Crippen MR) is 115 cm³/mol. The molecule has 0 N–H and O–H groups in total. The first kappa shape index (κ1) is 18.3. The molecule has 0 bridgehead atoms. The van der Waals surface area contributed by atoms with E-state index in [0.29, 0.717) is 0 Å². The predicted octanol–water partition coefficient (Wildman–Crippen LogP) is 5.16. The van der Waals surface area contributed by atoms with Crippen molar-refractivity contribution in [2.75, 3.05) is 20.2 Å². The molecule has 3 aromatic rings. The van der Waals surface area contributed by atoms with Gasteiger partial charge < -0.3 is 4.74 Å².